The molecular formula is C13H10Cl2FNO2S. The van der Waals surface area contributed by atoms with Gasteiger partial charge in [0.1, 0.15) is 10.8 Å². The summed E-state index contributed by atoms with van der Waals surface area (Å²) in [5.74, 6) is -0.909. The third kappa shape index (κ3) is 3.48. The molecular weight excluding hydrogens is 324 g/mol. The van der Waals surface area contributed by atoms with E-state index in [1.54, 1.807) is 12.3 Å². The molecule has 3 nitrogen and oxygen atoms in total. The molecule has 0 saturated carbocycles. The minimum atomic E-state index is -0.564. The van der Waals surface area contributed by atoms with Crippen LogP contribution in [0.25, 0.3) is 11.3 Å². The summed E-state index contributed by atoms with van der Waals surface area (Å²) in [6.07, 6.45) is 0.0895. The van der Waals surface area contributed by atoms with Crippen molar-refractivity contribution in [3.05, 3.63) is 38.4 Å². The summed E-state index contributed by atoms with van der Waals surface area (Å²) in [4.78, 5) is 15.6. The average molecular weight is 334 g/mol. The fourth-order valence-corrected chi connectivity index (χ4v) is 2.83. The van der Waals surface area contributed by atoms with Gasteiger partial charge in [0.2, 0.25) is 0 Å². The smallest absolute Gasteiger partial charge is 0.312 e. The molecule has 1 aromatic carbocycles. The van der Waals surface area contributed by atoms with Crippen molar-refractivity contribution in [3.8, 4) is 11.3 Å². The lowest BCUT2D eigenvalue weighted by Crippen LogP contribution is -2.07. The van der Waals surface area contributed by atoms with Gasteiger partial charge >= 0.3 is 5.97 Å². The maximum absolute atomic E-state index is 13.5. The van der Waals surface area contributed by atoms with E-state index in [0.29, 0.717) is 27.9 Å². The lowest BCUT2D eigenvalue weighted by atomic mass is 10.1. The highest BCUT2D eigenvalue weighted by molar-refractivity contribution is 7.10. The van der Waals surface area contributed by atoms with Crippen LogP contribution < -0.4 is 0 Å². The van der Waals surface area contributed by atoms with Gasteiger partial charge in [0, 0.05) is 10.9 Å². The number of thiazole rings is 1. The second kappa shape index (κ2) is 6.52. The van der Waals surface area contributed by atoms with Crippen molar-refractivity contribution in [2.75, 3.05) is 6.61 Å². The van der Waals surface area contributed by atoms with Crippen LogP contribution in [0.1, 0.15) is 11.9 Å². The van der Waals surface area contributed by atoms with E-state index in [0.717, 1.165) is 0 Å². The van der Waals surface area contributed by atoms with Gasteiger partial charge in [-0.1, -0.05) is 23.2 Å². The minimum Gasteiger partial charge on any atom is -0.466 e. The molecule has 20 heavy (non-hydrogen) atoms. The van der Waals surface area contributed by atoms with Gasteiger partial charge in [0.25, 0.3) is 0 Å². The van der Waals surface area contributed by atoms with Gasteiger partial charge in [0.15, 0.2) is 0 Å². The zero-order valence-electron chi connectivity index (χ0n) is 10.5. The van der Waals surface area contributed by atoms with E-state index in [2.05, 4.69) is 4.98 Å². The topological polar surface area (TPSA) is 39.2 Å². The molecule has 0 unspecified atom stereocenters. The van der Waals surface area contributed by atoms with Crippen LogP contribution in [-0.4, -0.2) is 17.6 Å². The van der Waals surface area contributed by atoms with E-state index >= 15 is 0 Å². The maximum atomic E-state index is 13.5. The van der Waals surface area contributed by atoms with Crippen LogP contribution in [0, 0.1) is 5.82 Å². The van der Waals surface area contributed by atoms with Crippen LogP contribution in [-0.2, 0) is 16.0 Å². The Labute approximate surface area is 129 Å². The zero-order valence-corrected chi connectivity index (χ0v) is 12.8. The maximum Gasteiger partial charge on any atom is 0.312 e. The van der Waals surface area contributed by atoms with Crippen molar-refractivity contribution in [2.45, 2.75) is 13.3 Å². The zero-order chi connectivity index (χ0) is 14.7. The van der Waals surface area contributed by atoms with Gasteiger partial charge in [-0.05, 0) is 19.1 Å². The Balaban J connectivity index is 2.25. The molecule has 0 aliphatic carbocycles. The Kier molecular flexibility index (Phi) is 4.96. The van der Waals surface area contributed by atoms with Crippen molar-refractivity contribution >= 4 is 40.5 Å². The first-order valence-electron chi connectivity index (χ1n) is 5.76. The summed E-state index contributed by atoms with van der Waals surface area (Å²) in [6.45, 7) is 2.06. The predicted molar refractivity (Wildman–Crippen MR) is 77.9 cm³/mol. The number of nitrogens with zero attached hydrogens (tertiary/aromatic N) is 1. The van der Waals surface area contributed by atoms with Gasteiger partial charge in [-0.25, -0.2) is 9.37 Å². The molecule has 0 aliphatic rings. The molecule has 0 saturated heterocycles. The first-order chi connectivity index (χ1) is 9.51. The summed E-state index contributed by atoms with van der Waals surface area (Å²) < 4.78 is 18.3. The Morgan fingerprint density at radius 3 is 2.85 bits per heavy atom. The van der Waals surface area contributed by atoms with Crippen LogP contribution in [0.5, 0.6) is 0 Å². The number of rotatable bonds is 4. The normalized spacial score (nSPS) is 10.6. The van der Waals surface area contributed by atoms with E-state index in [1.165, 1.54) is 23.5 Å². The summed E-state index contributed by atoms with van der Waals surface area (Å²) in [5, 5.41) is 2.57. The van der Waals surface area contributed by atoms with Crippen LogP contribution >= 0.6 is 34.5 Å². The van der Waals surface area contributed by atoms with Gasteiger partial charge in [0.05, 0.1) is 28.8 Å². The second-order valence-corrected chi connectivity index (χ2v) is 5.61. The van der Waals surface area contributed by atoms with E-state index < -0.39 is 5.82 Å². The molecule has 0 N–H and O–H groups in total. The van der Waals surface area contributed by atoms with E-state index in [4.69, 9.17) is 27.9 Å². The first kappa shape index (κ1) is 15.2. The number of carbonyl (C=O) groups excluding carboxylic acids is 1. The Bertz CT molecular complexity index is 645. The van der Waals surface area contributed by atoms with E-state index in [1.807, 2.05) is 0 Å². The highest BCUT2D eigenvalue weighted by Gasteiger charge is 2.14. The number of ether oxygens (including phenoxy) is 1. The third-order valence-corrected chi connectivity index (χ3v) is 3.89. The summed E-state index contributed by atoms with van der Waals surface area (Å²) in [7, 11) is 0. The van der Waals surface area contributed by atoms with Crippen molar-refractivity contribution in [1.82, 2.24) is 4.98 Å². The molecule has 0 spiro atoms. The number of aromatic nitrogens is 1. The summed E-state index contributed by atoms with van der Waals surface area (Å²) >= 11 is 13.0. The predicted octanol–water partition coefficient (Wildman–Crippen LogP) is 4.36. The summed E-state index contributed by atoms with van der Waals surface area (Å²) in [6, 6.07) is 2.56. The quantitative estimate of drug-likeness (QED) is 0.616. The molecule has 0 fully saturated rings. The number of hydrogen-bond donors (Lipinski definition) is 0. The lowest BCUT2D eigenvalue weighted by molar-refractivity contribution is -0.142. The molecule has 0 atom stereocenters. The van der Waals surface area contributed by atoms with Crippen molar-refractivity contribution in [2.24, 2.45) is 0 Å². The molecule has 7 heteroatoms. The number of halogens is 3. The van der Waals surface area contributed by atoms with Crippen molar-refractivity contribution < 1.29 is 13.9 Å². The Morgan fingerprint density at radius 1 is 1.40 bits per heavy atom. The molecule has 2 aromatic rings. The largest absolute Gasteiger partial charge is 0.466 e. The summed E-state index contributed by atoms with van der Waals surface area (Å²) in [5.41, 5.74) is 0.954. The van der Waals surface area contributed by atoms with Crippen molar-refractivity contribution in [3.63, 3.8) is 0 Å². The lowest BCUT2D eigenvalue weighted by Gasteiger charge is -2.02. The molecule has 2 rings (SSSR count). The van der Waals surface area contributed by atoms with Gasteiger partial charge in [-0.15, -0.1) is 11.3 Å². The second-order valence-electron chi connectivity index (χ2n) is 3.85. The number of hydrogen-bond acceptors (Lipinski definition) is 4. The monoisotopic (exact) mass is 333 g/mol. The van der Waals surface area contributed by atoms with E-state index in [-0.39, 0.29) is 17.4 Å². The SMILES string of the molecule is CCOC(=O)Cc1nc(-c2cc(F)c(Cl)cc2Cl)cs1. The minimum absolute atomic E-state index is 0.0410. The van der Waals surface area contributed by atoms with Crippen LogP contribution in [0.2, 0.25) is 10.0 Å². The Morgan fingerprint density at radius 2 is 2.15 bits per heavy atom. The average Bonchev–Trinajstić information content (AvgIpc) is 2.82. The first-order valence-corrected chi connectivity index (χ1v) is 7.39. The standard InChI is InChI=1S/C13H10Cl2FNO2S/c1-2-19-13(18)5-12-17-11(6-20-12)7-3-10(16)9(15)4-8(7)14/h3-4,6H,2,5H2,1H3. The number of benzene rings is 1. The van der Waals surface area contributed by atoms with E-state index in [9.17, 15) is 9.18 Å². The fourth-order valence-electron chi connectivity index (χ4n) is 1.57. The molecule has 0 radical (unpaired) electrons. The molecule has 0 aliphatic heterocycles. The van der Waals surface area contributed by atoms with Gasteiger partial charge in [-0.3, -0.25) is 4.79 Å². The molecule has 0 amide bonds. The molecule has 1 aromatic heterocycles. The third-order valence-electron chi connectivity index (χ3n) is 2.44. The van der Waals surface area contributed by atoms with Crippen LogP contribution in [0.3, 0.4) is 0 Å². The molecule has 106 valence electrons. The van der Waals surface area contributed by atoms with Gasteiger partial charge < -0.3 is 4.74 Å². The molecule has 1 heterocycles. The highest BCUT2D eigenvalue weighted by Crippen LogP contribution is 2.32. The van der Waals surface area contributed by atoms with Crippen molar-refractivity contribution in [1.29, 1.82) is 0 Å². The van der Waals surface area contributed by atoms with Crippen LogP contribution in [0.4, 0.5) is 4.39 Å². The fraction of sp³-hybridized carbons (Fsp3) is 0.231. The number of carbonyl (C=O) groups is 1. The van der Waals surface area contributed by atoms with Gasteiger partial charge in [-0.2, -0.15) is 0 Å². The highest BCUT2D eigenvalue weighted by atomic mass is 35.5. The Hall–Kier alpha value is -1.17. The number of esters is 1. The van der Waals surface area contributed by atoms with Crippen LogP contribution in [0.15, 0.2) is 17.5 Å². The molecule has 0 bridgehead atoms.